The molecule has 0 saturated heterocycles. The van der Waals surface area contributed by atoms with Crippen LogP contribution in [-0.2, 0) is 16.0 Å². The highest BCUT2D eigenvalue weighted by molar-refractivity contribution is 6.03. The van der Waals surface area contributed by atoms with Crippen molar-refractivity contribution in [2.45, 2.75) is 40.0 Å². The number of fused-ring (bicyclic) bond motifs is 2. The molecule has 144 valence electrons. The summed E-state index contributed by atoms with van der Waals surface area (Å²) in [7, 11) is 0. The number of carbonyl (C=O) groups excluding carboxylic acids is 2. The second-order valence-corrected chi connectivity index (χ2v) is 7.31. The van der Waals surface area contributed by atoms with E-state index in [2.05, 4.69) is 19.2 Å². The van der Waals surface area contributed by atoms with Crippen LogP contribution in [0, 0.1) is 6.92 Å². The van der Waals surface area contributed by atoms with Gasteiger partial charge in [-0.15, -0.1) is 0 Å². The molecule has 1 aliphatic rings. The van der Waals surface area contributed by atoms with Crippen molar-refractivity contribution in [2.75, 3.05) is 0 Å². The van der Waals surface area contributed by atoms with Crippen LogP contribution in [0.2, 0.25) is 0 Å². The van der Waals surface area contributed by atoms with E-state index in [0.717, 1.165) is 27.5 Å². The van der Waals surface area contributed by atoms with E-state index in [1.54, 1.807) is 13.8 Å². The first-order chi connectivity index (χ1) is 13.2. The van der Waals surface area contributed by atoms with E-state index >= 15 is 0 Å². The molecule has 0 spiro atoms. The number of hydrogen-bond acceptors (Lipinski definition) is 4. The number of esters is 2. The molecule has 0 aliphatic heterocycles. The Balaban J connectivity index is 2.38. The van der Waals surface area contributed by atoms with Crippen molar-refractivity contribution in [1.82, 2.24) is 0 Å². The van der Waals surface area contributed by atoms with Gasteiger partial charge >= 0.3 is 11.9 Å². The highest BCUT2D eigenvalue weighted by atomic mass is 16.5. The summed E-state index contributed by atoms with van der Waals surface area (Å²) in [4.78, 5) is 24.7. The number of aryl methyl sites for hydroxylation is 1. The minimum absolute atomic E-state index is 0.00358. The Bertz CT molecular complexity index is 1060. The minimum atomic E-state index is -0.474. The van der Waals surface area contributed by atoms with Gasteiger partial charge in [-0.3, -0.25) is 0 Å². The lowest BCUT2D eigenvalue weighted by Gasteiger charge is -2.26. The molecule has 0 saturated carbocycles. The first kappa shape index (κ1) is 19.6. The summed E-state index contributed by atoms with van der Waals surface area (Å²) in [5.74, 6) is 0.0824. The third-order valence-corrected chi connectivity index (χ3v) is 4.88. The summed E-state index contributed by atoms with van der Waals surface area (Å²) in [6, 6.07) is 5.72. The fourth-order valence-corrected chi connectivity index (χ4v) is 3.47. The number of carbonyl (C=O) groups is 2. The van der Waals surface area contributed by atoms with Crippen molar-refractivity contribution in [1.29, 1.82) is 0 Å². The van der Waals surface area contributed by atoms with Crippen LogP contribution < -0.4 is 9.47 Å². The molecule has 0 aromatic heterocycles. The van der Waals surface area contributed by atoms with Gasteiger partial charge < -0.3 is 9.47 Å². The zero-order valence-electron chi connectivity index (χ0n) is 16.7. The van der Waals surface area contributed by atoms with Gasteiger partial charge in [0.05, 0.1) is 0 Å². The van der Waals surface area contributed by atoms with Crippen LogP contribution >= 0.6 is 0 Å². The number of ether oxygens (including phenoxy) is 2. The zero-order chi connectivity index (χ0) is 20.6. The normalized spacial score (nSPS) is 15.1. The highest BCUT2D eigenvalue weighted by Crippen LogP contribution is 2.47. The molecule has 1 aliphatic carbocycles. The smallest absolute Gasteiger partial charge is 0.338 e. The Morgan fingerprint density at radius 3 is 2.25 bits per heavy atom. The summed E-state index contributed by atoms with van der Waals surface area (Å²) in [6.07, 6.45) is 4.69. The monoisotopic (exact) mass is 376 g/mol. The fraction of sp³-hybridized carbons (Fsp3) is 0.250. The zero-order valence-corrected chi connectivity index (χ0v) is 16.7. The van der Waals surface area contributed by atoms with Gasteiger partial charge in [0.2, 0.25) is 0 Å². The van der Waals surface area contributed by atoms with Gasteiger partial charge in [0.1, 0.15) is 11.5 Å². The Morgan fingerprint density at radius 1 is 1.04 bits per heavy atom. The average molecular weight is 376 g/mol. The maximum Gasteiger partial charge on any atom is 0.338 e. The van der Waals surface area contributed by atoms with E-state index in [-0.39, 0.29) is 5.92 Å². The number of rotatable bonds is 4. The highest BCUT2D eigenvalue weighted by Gasteiger charge is 2.28. The van der Waals surface area contributed by atoms with Crippen molar-refractivity contribution in [3.8, 4) is 11.5 Å². The van der Waals surface area contributed by atoms with Crippen molar-refractivity contribution in [3.05, 3.63) is 71.3 Å². The van der Waals surface area contributed by atoms with Crippen LogP contribution in [-0.4, -0.2) is 11.9 Å². The molecule has 4 heteroatoms. The molecule has 1 unspecified atom stereocenters. The molecule has 1 atom stereocenters. The first-order valence-corrected chi connectivity index (χ1v) is 9.22. The van der Waals surface area contributed by atoms with E-state index < -0.39 is 11.9 Å². The second-order valence-electron chi connectivity index (χ2n) is 7.31. The Hall–Kier alpha value is -3.14. The molecule has 0 N–H and O–H groups in total. The molecule has 0 fully saturated rings. The van der Waals surface area contributed by atoms with E-state index in [4.69, 9.17) is 9.47 Å². The second kappa shape index (κ2) is 7.47. The summed E-state index contributed by atoms with van der Waals surface area (Å²) in [5, 5.41) is 1.50. The van der Waals surface area contributed by atoms with Crippen LogP contribution in [0.25, 0.3) is 10.8 Å². The van der Waals surface area contributed by atoms with Crippen LogP contribution in [0.4, 0.5) is 0 Å². The van der Waals surface area contributed by atoms with Gasteiger partial charge in [-0.1, -0.05) is 50.4 Å². The predicted molar refractivity (Wildman–Crippen MR) is 111 cm³/mol. The van der Waals surface area contributed by atoms with Gasteiger partial charge in [-0.05, 0) is 32.8 Å². The molecule has 2 aromatic carbocycles. The lowest BCUT2D eigenvalue weighted by Crippen LogP contribution is -2.16. The van der Waals surface area contributed by atoms with Gasteiger partial charge in [0, 0.05) is 39.0 Å². The minimum Gasteiger partial charge on any atom is -0.422 e. The Kier molecular flexibility index (Phi) is 5.23. The Morgan fingerprint density at radius 2 is 1.64 bits per heavy atom. The molecule has 0 amide bonds. The van der Waals surface area contributed by atoms with Crippen molar-refractivity contribution in [2.24, 2.45) is 0 Å². The van der Waals surface area contributed by atoms with E-state index in [0.29, 0.717) is 29.1 Å². The maximum atomic E-state index is 12.3. The van der Waals surface area contributed by atoms with Gasteiger partial charge in [0.15, 0.2) is 0 Å². The molecule has 2 aromatic rings. The third-order valence-electron chi connectivity index (χ3n) is 4.88. The van der Waals surface area contributed by atoms with Gasteiger partial charge in [-0.25, -0.2) is 9.59 Å². The molecule has 4 nitrogen and oxygen atoms in total. The molecule has 0 radical (unpaired) electrons. The number of benzene rings is 2. The maximum absolute atomic E-state index is 12.3. The summed E-state index contributed by atoms with van der Waals surface area (Å²) in [6.45, 7) is 14.6. The third kappa shape index (κ3) is 3.38. The first-order valence-electron chi connectivity index (χ1n) is 9.22. The molecular weight excluding hydrogens is 352 g/mol. The van der Waals surface area contributed by atoms with Crippen LogP contribution in [0.15, 0.2) is 54.7 Å². The molecule has 0 heterocycles. The predicted octanol–water partition coefficient (Wildman–Crippen LogP) is 5.33. The quantitative estimate of drug-likeness (QED) is 0.313. The van der Waals surface area contributed by atoms with E-state index in [9.17, 15) is 9.59 Å². The van der Waals surface area contributed by atoms with Crippen molar-refractivity contribution < 1.29 is 19.1 Å². The summed E-state index contributed by atoms with van der Waals surface area (Å²) in [5.41, 5.74) is 3.30. The van der Waals surface area contributed by atoms with Crippen LogP contribution in [0.5, 0.6) is 11.5 Å². The van der Waals surface area contributed by atoms with Crippen molar-refractivity contribution >= 4 is 22.7 Å². The van der Waals surface area contributed by atoms with Gasteiger partial charge in [0.25, 0.3) is 0 Å². The van der Waals surface area contributed by atoms with Crippen molar-refractivity contribution in [3.63, 3.8) is 0 Å². The lowest BCUT2D eigenvalue weighted by atomic mass is 9.84. The molecule has 3 rings (SSSR count). The standard InChI is InChI=1S/C24H24O4/c1-13(2)23(25)27-21-17-11-7-10-16(6)20(17)22(28-24(26)14(3)4)18-12-8-9-15(5)19(18)21/h7-11,15H,1,3,12H2,2,4-6H3. The molecular formula is C24H24O4. The fourth-order valence-electron chi connectivity index (χ4n) is 3.47. The largest absolute Gasteiger partial charge is 0.422 e. The van der Waals surface area contributed by atoms with E-state index in [1.165, 1.54) is 0 Å². The topological polar surface area (TPSA) is 52.6 Å². The average Bonchev–Trinajstić information content (AvgIpc) is 2.63. The summed E-state index contributed by atoms with van der Waals surface area (Å²) < 4.78 is 11.6. The van der Waals surface area contributed by atoms with Crippen LogP contribution in [0.1, 0.15) is 43.4 Å². The van der Waals surface area contributed by atoms with Crippen LogP contribution in [0.3, 0.4) is 0 Å². The SMILES string of the molecule is C=C(C)C(=O)Oc1c2c(c(OC(=O)C(=C)C)c3c(C)cccc13)CC=CC2C. The number of allylic oxidation sites excluding steroid dienone is 2. The van der Waals surface area contributed by atoms with E-state index in [1.807, 2.05) is 38.1 Å². The Labute approximate surface area is 165 Å². The molecule has 28 heavy (non-hydrogen) atoms. The van der Waals surface area contributed by atoms with Gasteiger partial charge in [-0.2, -0.15) is 0 Å². The molecule has 0 bridgehead atoms. The lowest BCUT2D eigenvalue weighted by molar-refractivity contribution is -0.131. The number of hydrogen-bond donors (Lipinski definition) is 0. The summed E-state index contributed by atoms with van der Waals surface area (Å²) >= 11 is 0.